The topological polar surface area (TPSA) is 65.1 Å². The van der Waals surface area contributed by atoms with E-state index < -0.39 is 12.3 Å². The van der Waals surface area contributed by atoms with E-state index in [0.29, 0.717) is 0 Å². The first-order valence-electron chi connectivity index (χ1n) is 3.31. The van der Waals surface area contributed by atoms with Crippen LogP contribution in [-0.2, 0) is 19.0 Å². The van der Waals surface area contributed by atoms with E-state index in [4.69, 9.17) is 4.74 Å². The van der Waals surface area contributed by atoms with Crippen molar-refractivity contribution >= 4 is 12.6 Å². The number of carbonyl (C=O) groups excluding carboxylic acids is 2. The third-order valence-corrected chi connectivity index (χ3v) is 1.46. The second kappa shape index (κ2) is 3.91. The third-order valence-electron chi connectivity index (χ3n) is 1.46. The minimum absolute atomic E-state index is 0.0885. The summed E-state index contributed by atoms with van der Waals surface area (Å²) in [6, 6.07) is 0. The fraction of sp³-hybridized carbons (Fsp3) is 0.667. The highest BCUT2D eigenvalue weighted by Gasteiger charge is 2.31. The maximum Gasteiger partial charge on any atom is 0.414 e. The van der Waals surface area contributed by atoms with Gasteiger partial charge in [0.05, 0.1) is 7.11 Å². The highest BCUT2D eigenvalue weighted by molar-refractivity contribution is 5.67. The van der Waals surface area contributed by atoms with Crippen LogP contribution in [0.25, 0.3) is 0 Å². The van der Waals surface area contributed by atoms with Crippen molar-refractivity contribution in [3.8, 4) is 0 Å². The highest BCUT2D eigenvalue weighted by atomic mass is 16.6. The summed E-state index contributed by atoms with van der Waals surface area (Å²) in [4.78, 5) is 22.1. The average Bonchev–Trinajstić information content (AvgIpc) is 2.52. The molecule has 12 heavy (non-hydrogen) atoms. The molecule has 0 bridgehead atoms. The number of ether oxygens (including phenoxy) is 3. The van der Waals surface area contributed by atoms with Crippen LogP contribution in [0.2, 0.25) is 0 Å². The van der Waals surface area contributed by atoms with Crippen LogP contribution >= 0.6 is 0 Å². The molecular weight excluding hydrogens is 166 g/mol. The van der Waals surface area contributed by atoms with Crippen LogP contribution in [0.15, 0.2) is 0 Å². The van der Waals surface area contributed by atoms with Crippen LogP contribution in [0.5, 0.6) is 0 Å². The van der Waals surface area contributed by atoms with Crippen molar-refractivity contribution in [2.75, 3.05) is 20.4 Å². The zero-order chi connectivity index (χ0) is 8.97. The van der Waals surface area contributed by atoms with E-state index in [-0.39, 0.29) is 19.8 Å². The van der Waals surface area contributed by atoms with E-state index in [1.165, 1.54) is 12.0 Å². The summed E-state index contributed by atoms with van der Waals surface area (Å²) in [7, 11) is 1.25. The molecule has 1 rings (SSSR count). The van der Waals surface area contributed by atoms with Gasteiger partial charge in [0.25, 0.3) is 6.47 Å². The van der Waals surface area contributed by atoms with Gasteiger partial charge in [-0.3, -0.25) is 4.79 Å². The van der Waals surface area contributed by atoms with E-state index in [1.807, 2.05) is 0 Å². The Morgan fingerprint density at radius 1 is 1.75 bits per heavy atom. The Morgan fingerprint density at radius 2 is 2.50 bits per heavy atom. The molecule has 0 aliphatic carbocycles. The number of nitrogens with zero attached hydrogens (tertiary/aromatic N) is 1. The zero-order valence-electron chi connectivity index (χ0n) is 6.56. The van der Waals surface area contributed by atoms with Crippen molar-refractivity contribution in [1.29, 1.82) is 0 Å². The molecule has 0 radical (unpaired) electrons. The van der Waals surface area contributed by atoms with Gasteiger partial charge in [-0.25, -0.2) is 9.69 Å². The molecule has 6 heteroatoms. The lowest BCUT2D eigenvalue weighted by Gasteiger charge is -2.18. The lowest BCUT2D eigenvalue weighted by Crippen LogP contribution is -2.38. The van der Waals surface area contributed by atoms with Crippen molar-refractivity contribution in [1.82, 2.24) is 4.90 Å². The Kier molecular flexibility index (Phi) is 2.87. The lowest BCUT2D eigenvalue weighted by atomic mass is 10.6. The van der Waals surface area contributed by atoms with E-state index in [2.05, 4.69) is 9.47 Å². The highest BCUT2D eigenvalue weighted by Crippen LogP contribution is 2.10. The first kappa shape index (κ1) is 8.79. The Balaban J connectivity index is 2.50. The molecule has 0 N–H and O–H groups in total. The largest absolute Gasteiger partial charge is 0.453 e. The van der Waals surface area contributed by atoms with Gasteiger partial charge in [-0.15, -0.1) is 0 Å². The first-order chi connectivity index (χ1) is 5.79. The van der Waals surface area contributed by atoms with E-state index in [9.17, 15) is 9.59 Å². The molecule has 6 nitrogen and oxygen atoms in total. The fourth-order valence-electron chi connectivity index (χ4n) is 0.889. The van der Waals surface area contributed by atoms with Crippen molar-refractivity contribution in [3.05, 3.63) is 0 Å². The Labute approximate surface area is 69.0 Å². The van der Waals surface area contributed by atoms with Gasteiger partial charge < -0.3 is 14.2 Å². The average molecular weight is 175 g/mol. The van der Waals surface area contributed by atoms with Crippen molar-refractivity contribution in [2.24, 2.45) is 0 Å². The van der Waals surface area contributed by atoms with Crippen LogP contribution in [0.1, 0.15) is 0 Å². The summed E-state index contributed by atoms with van der Waals surface area (Å²) in [6.07, 6.45) is -1.23. The van der Waals surface area contributed by atoms with Gasteiger partial charge in [0, 0.05) is 0 Å². The monoisotopic (exact) mass is 175 g/mol. The van der Waals surface area contributed by atoms with Crippen molar-refractivity contribution in [2.45, 2.75) is 6.23 Å². The number of methoxy groups -OCH3 is 1. The van der Waals surface area contributed by atoms with Crippen LogP contribution in [-0.4, -0.2) is 44.1 Å². The van der Waals surface area contributed by atoms with Gasteiger partial charge in [-0.2, -0.15) is 0 Å². The summed E-state index contributed by atoms with van der Waals surface area (Å²) in [5.41, 5.74) is 0. The summed E-state index contributed by atoms with van der Waals surface area (Å²) < 4.78 is 13.9. The molecule has 1 fully saturated rings. The molecule has 0 unspecified atom stereocenters. The second-order valence-electron chi connectivity index (χ2n) is 2.13. The Hall–Kier alpha value is -1.30. The van der Waals surface area contributed by atoms with Crippen LogP contribution in [0.4, 0.5) is 4.79 Å². The van der Waals surface area contributed by atoms with Crippen LogP contribution in [0, 0.1) is 0 Å². The number of hydrogen-bond acceptors (Lipinski definition) is 5. The smallest absolute Gasteiger partial charge is 0.414 e. The van der Waals surface area contributed by atoms with Crippen molar-refractivity contribution < 1.29 is 23.8 Å². The fourth-order valence-corrected chi connectivity index (χ4v) is 0.889. The van der Waals surface area contributed by atoms with E-state index >= 15 is 0 Å². The van der Waals surface area contributed by atoms with Crippen molar-refractivity contribution in [3.63, 3.8) is 0 Å². The predicted molar refractivity (Wildman–Crippen MR) is 36.0 cm³/mol. The maximum absolute atomic E-state index is 10.9. The minimum Gasteiger partial charge on any atom is -0.453 e. The maximum atomic E-state index is 10.9. The van der Waals surface area contributed by atoms with Gasteiger partial charge in [0.2, 0.25) is 6.23 Å². The predicted octanol–water partition coefficient (Wildman–Crippen LogP) is -0.458. The molecule has 0 aromatic rings. The molecule has 1 saturated heterocycles. The summed E-state index contributed by atoms with van der Waals surface area (Å²) in [6.45, 7) is 0.550. The van der Waals surface area contributed by atoms with Gasteiger partial charge >= 0.3 is 6.09 Å². The van der Waals surface area contributed by atoms with Gasteiger partial charge in [-0.05, 0) is 0 Å². The third kappa shape index (κ3) is 1.65. The lowest BCUT2D eigenvalue weighted by molar-refractivity contribution is -0.138. The van der Waals surface area contributed by atoms with Crippen LogP contribution < -0.4 is 0 Å². The Morgan fingerprint density at radius 3 is 3.08 bits per heavy atom. The first-order valence-corrected chi connectivity index (χ1v) is 3.31. The SMILES string of the molecule is COC(=O)N1COC[C@H]1OC=O. The number of hydrogen-bond donors (Lipinski definition) is 0. The molecule has 0 spiro atoms. The number of amides is 1. The van der Waals surface area contributed by atoms with E-state index in [0.717, 1.165) is 0 Å². The number of rotatable bonds is 2. The molecule has 1 aliphatic rings. The molecular formula is C6H9NO5. The molecule has 1 amide bonds. The van der Waals surface area contributed by atoms with Gasteiger partial charge in [0.1, 0.15) is 13.3 Å². The molecule has 68 valence electrons. The molecule has 0 aromatic heterocycles. The van der Waals surface area contributed by atoms with Gasteiger partial charge in [-0.1, -0.05) is 0 Å². The van der Waals surface area contributed by atoms with Crippen LogP contribution in [0.3, 0.4) is 0 Å². The summed E-state index contributed by atoms with van der Waals surface area (Å²) in [5, 5.41) is 0. The molecule has 0 aromatic carbocycles. The van der Waals surface area contributed by atoms with E-state index in [1.54, 1.807) is 0 Å². The number of carbonyl (C=O) groups is 2. The zero-order valence-corrected chi connectivity index (χ0v) is 6.56. The second-order valence-corrected chi connectivity index (χ2v) is 2.13. The molecule has 1 aliphatic heterocycles. The molecule has 1 atom stereocenters. The molecule has 0 saturated carbocycles. The summed E-state index contributed by atoms with van der Waals surface area (Å²) >= 11 is 0. The summed E-state index contributed by atoms with van der Waals surface area (Å²) in [5.74, 6) is 0. The standard InChI is InChI=1S/C6H9NO5/c1-10-6(9)7-3-11-2-5(7)12-4-8/h4-5H,2-3H2,1H3/t5-/m1/s1. The normalized spacial score (nSPS) is 22.1. The minimum atomic E-state index is -0.657. The molecule has 1 heterocycles. The quantitative estimate of drug-likeness (QED) is 0.531. The van der Waals surface area contributed by atoms with Gasteiger partial charge in [0.15, 0.2) is 0 Å². The Bertz CT molecular complexity index is 183.